The van der Waals surface area contributed by atoms with Gasteiger partial charge in [0.15, 0.2) is 0 Å². The second-order valence-corrected chi connectivity index (χ2v) is 4.02. The van der Waals surface area contributed by atoms with E-state index in [0.29, 0.717) is 31.7 Å². The van der Waals surface area contributed by atoms with E-state index in [1.165, 1.54) is 0 Å². The Morgan fingerprint density at radius 2 is 2.11 bits per heavy atom. The maximum Gasteiger partial charge on any atom is 0.321 e. The fraction of sp³-hybridized carbons (Fsp3) is 0.333. The maximum atomic E-state index is 11.5. The quantitative estimate of drug-likeness (QED) is 0.725. The molecule has 0 atom stereocenters. The molecule has 2 rings (SSSR count). The van der Waals surface area contributed by atoms with Gasteiger partial charge in [-0.25, -0.2) is 4.79 Å². The number of nitrogens with one attached hydrogen (secondary N) is 2. The average molecular weight is 248 g/mol. The molecular weight excluding hydrogens is 232 g/mol. The van der Waals surface area contributed by atoms with Crippen molar-refractivity contribution in [3.05, 3.63) is 24.3 Å². The third-order valence-electron chi connectivity index (χ3n) is 2.69. The van der Waals surface area contributed by atoms with Gasteiger partial charge in [-0.2, -0.15) is 0 Å². The van der Waals surface area contributed by atoms with Gasteiger partial charge in [-0.3, -0.25) is 9.69 Å². The first-order valence-electron chi connectivity index (χ1n) is 5.86. The van der Waals surface area contributed by atoms with Gasteiger partial charge in [0.1, 0.15) is 0 Å². The minimum Gasteiger partial charge on any atom is -0.336 e. The van der Waals surface area contributed by atoms with Crippen molar-refractivity contribution in [2.75, 3.05) is 29.9 Å². The third-order valence-corrected chi connectivity index (χ3v) is 2.69. The van der Waals surface area contributed by atoms with Gasteiger partial charge < -0.3 is 16.4 Å². The van der Waals surface area contributed by atoms with Crippen LogP contribution in [0.1, 0.15) is 6.42 Å². The molecule has 1 heterocycles. The second-order valence-electron chi connectivity index (χ2n) is 4.02. The highest BCUT2D eigenvalue weighted by Crippen LogP contribution is 2.19. The van der Waals surface area contributed by atoms with E-state index in [4.69, 9.17) is 5.73 Å². The van der Waals surface area contributed by atoms with Crippen LogP contribution in [0.4, 0.5) is 16.2 Å². The summed E-state index contributed by atoms with van der Waals surface area (Å²) in [5.41, 5.74) is 6.82. The zero-order valence-electron chi connectivity index (χ0n) is 9.98. The van der Waals surface area contributed by atoms with Gasteiger partial charge in [-0.1, -0.05) is 0 Å². The summed E-state index contributed by atoms with van der Waals surface area (Å²) < 4.78 is 0. The van der Waals surface area contributed by atoms with Gasteiger partial charge in [-0.15, -0.1) is 0 Å². The van der Waals surface area contributed by atoms with Crippen LogP contribution >= 0.6 is 0 Å². The number of carbonyl (C=O) groups is 2. The van der Waals surface area contributed by atoms with E-state index < -0.39 is 0 Å². The molecule has 0 unspecified atom stereocenters. The normalized spacial score (nSPS) is 14.5. The molecule has 6 heteroatoms. The maximum absolute atomic E-state index is 11.5. The summed E-state index contributed by atoms with van der Waals surface area (Å²) in [5, 5.41) is 5.47. The predicted octanol–water partition coefficient (Wildman–Crippen LogP) is 0.503. The molecule has 4 N–H and O–H groups in total. The van der Waals surface area contributed by atoms with E-state index in [9.17, 15) is 9.59 Å². The molecule has 3 amide bonds. The monoisotopic (exact) mass is 248 g/mol. The van der Waals surface area contributed by atoms with Crippen LogP contribution in [-0.4, -0.2) is 31.6 Å². The lowest BCUT2D eigenvalue weighted by Gasteiger charge is -2.14. The third kappa shape index (κ3) is 2.78. The van der Waals surface area contributed by atoms with Crippen molar-refractivity contribution >= 4 is 23.3 Å². The van der Waals surface area contributed by atoms with Gasteiger partial charge in [0.2, 0.25) is 5.91 Å². The minimum atomic E-state index is -0.107. The molecule has 1 aromatic rings. The topological polar surface area (TPSA) is 87.5 Å². The fourth-order valence-electron chi connectivity index (χ4n) is 1.80. The van der Waals surface area contributed by atoms with Crippen molar-refractivity contribution in [1.29, 1.82) is 0 Å². The van der Waals surface area contributed by atoms with E-state index in [1.54, 1.807) is 17.0 Å². The van der Waals surface area contributed by atoms with Crippen molar-refractivity contribution in [3.8, 4) is 0 Å². The summed E-state index contributed by atoms with van der Waals surface area (Å²) in [7, 11) is 0. The Labute approximate surface area is 105 Å². The number of nitrogens with two attached hydrogens (primary N) is 1. The smallest absolute Gasteiger partial charge is 0.321 e. The van der Waals surface area contributed by atoms with Gasteiger partial charge in [0.05, 0.1) is 0 Å². The highest BCUT2D eigenvalue weighted by Gasteiger charge is 2.20. The number of hydrogen-bond donors (Lipinski definition) is 3. The Hall–Kier alpha value is -2.08. The van der Waals surface area contributed by atoms with E-state index in [-0.39, 0.29) is 11.9 Å². The van der Waals surface area contributed by atoms with Crippen molar-refractivity contribution in [3.63, 3.8) is 0 Å². The van der Waals surface area contributed by atoms with Gasteiger partial charge in [0, 0.05) is 37.4 Å². The Bertz CT molecular complexity index is 444. The van der Waals surface area contributed by atoms with Crippen LogP contribution in [0, 0.1) is 0 Å². The summed E-state index contributed by atoms with van der Waals surface area (Å²) in [4.78, 5) is 24.5. The molecule has 0 aromatic heterocycles. The lowest BCUT2D eigenvalue weighted by molar-refractivity contribution is -0.116. The molecule has 6 nitrogen and oxygen atoms in total. The highest BCUT2D eigenvalue weighted by atomic mass is 16.2. The van der Waals surface area contributed by atoms with Gasteiger partial charge in [-0.05, 0) is 24.3 Å². The lowest BCUT2D eigenvalue weighted by atomic mass is 10.2. The average Bonchev–Trinajstić information content (AvgIpc) is 2.77. The zero-order valence-corrected chi connectivity index (χ0v) is 9.98. The first-order chi connectivity index (χ1) is 8.70. The Morgan fingerprint density at radius 3 is 2.67 bits per heavy atom. The van der Waals surface area contributed by atoms with E-state index in [0.717, 1.165) is 5.69 Å². The number of nitrogens with zero attached hydrogens (tertiary/aromatic N) is 1. The Balaban J connectivity index is 2.01. The fourth-order valence-corrected chi connectivity index (χ4v) is 1.80. The Kier molecular flexibility index (Phi) is 3.78. The molecule has 18 heavy (non-hydrogen) atoms. The second kappa shape index (κ2) is 5.50. The van der Waals surface area contributed by atoms with Crippen LogP contribution in [0.5, 0.6) is 0 Å². The summed E-state index contributed by atoms with van der Waals surface area (Å²) in [6.07, 6.45) is 0.302. The SMILES string of the molecule is NCCC(=O)Nc1ccc(N2CCNC2=O)cc1. The number of carbonyl (C=O) groups excluding carboxylic acids is 2. The van der Waals surface area contributed by atoms with E-state index >= 15 is 0 Å². The Morgan fingerprint density at radius 1 is 1.39 bits per heavy atom. The van der Waals surface area contributed by atoms with E-state index in [2.05, 4.69) is 10.6 Å². The summed E-state index contributed by atoms with van der Waals surface area (Å²) in [6, 6.07) is 7.08. The molecule has 0 bridgehead atoms. The minimum absolute atomic E-state index is 0.0880. The molecule has 0 saturated carbocycles. The van der Waals surface area contributed by atoms with Gasteiger partial charge in [0.25, 0.3) is 0 Å². The first-order valence-corrected chi connectivity index (χ1v) is 5.86. The summed E-state index contributed by atoms with van der Waals surface area (Å²) >= 11 is 0. The molecule has 96 valence electrons. The molecule has 1 aliphatic rings. The van der Waals surface area contributed by atoms with Crippen LogP contribution in [0.25, 0.3) is 0 Å². The molecule has 1 saturated heterocycles. The molecule has 0 spiro atoms. The predicted molar refractivity (Wildman–Crippen MR) is 69.5 cm³/mol. The first kappa shape index (κ1) is 12.4. The number of urea groups is 1. The summed E-state index contributed by atoms with van der Waals surface area (Å²) in [6.45, 7) is 1.66. The van der Waals surface area contributed by atoms with Crippen molar-refractivity contribution in [2.24, 2.45) is 5.73 Å². The lowest BCUT2D eigenvalue weighted by Crippen LogP contribution is -2.27. The standard InChI is InChI=1S/C12H16N4O2/c13-6-5-11(17)15-9-1-3-10(4-2-9)16-8-7-14-12(16)18/h1-4H,5-8,13H2,(H,14,18)(H,15,17). The van der Waals surface area contributed by atoms with Crippen molar-refractivity contribution in [1.82, 2.24) is 5.32 Å². The number of anilines is 2. The van der Waals surface area contributed by atoms with Crippen LogP contribution in [0.3, 0.4) is 0 Å². The van der Waals surface area contributed by atoms with Crippen LogP contribution in [0.15, 0.2) is 24.3 Å². The van der Waals surface area contributed by atoms with Crippen molar-refractivity contribution < 1.29 is 9.59 Å². The van der Waals surface area contributed by atoms with Crippen LogP contribution < -0.4 is 21.3 Å². The number of hydrogen-bond acceptors (Lipinski definition) is 3. The zero-order chi connectivity index (χ0) is 13.0. The number of rotatable bonds is 4. The molecule has 1 aromatic carbocycles. The summed E-state index contributed by atoms with van der Waals surface area (Å²) in [5.74, 6) is -0.107. The molecule has 1 aliphatic heterocycles. The van der Waals surface area contributed by atoms with Crippen molar-refractivity contribution in [2.45, 2.75) is 6.42 Å². The molecular formula is C12H16N4O2. The molecule has 0 radical (unpaired) electrons. The van der Waals surface area contributed by atoms with E-state index in [1.807, 2.05) is 12.1 Å². The highest BCUT2D eigenvalue weighted by molar-refractivity contribution is 5.95. The largest absolute Gasteiger partial charge is 0.336 e. The molecule has 0 aliphatic carbocycles. The molecule has 1 fully saturated rings. The van der Waals surface area contributed by atoms with Crippen LogP contribution in [-0.2, 0) is 4.79 Å². The number of amides is 3. The van der Waals surface area contributed by atoms with Crippen LogP contribution in [0.2, 0.25) is 0 Å². The van der Waals surface area contributed by atoms with Gasteiger partial charge >= 0.3 is 6.03 Å². The number of benzene rings is 1.